The van der Waals surface area contributed by atoms with Crippen LogP contribution in [0.3, 0.4) is 0 Å². The molecule has 1 saturated carbocycles. The van der Waals surface area contributed by atoms with Gasteiger partial charge in [-0.15, -0.1) is 24.8 Å². The van der Waals surface area contributed by atoms with Gasteiger partial charge in [0.2, 0.25) is 5.82 Å². The van der Waals surface area contributed by atoms with Crippen LogP contribution in [0.2, 0.25) is 0 Å². The number of nitrogens with two attached hydrogens (primary N) is 1. The van der Waals surface area contributed by atoms with E-state index >= 15 is 0 Å². The number of aromatic nitrogens is 2. The quantitative estimate of drug-likeness (QED) is 0.232. The lowest BCUT2D eigenvalue weighted by atomic mass is 9.90. The minimum Gasteiger partial charge on any atom is -0.370 e. The van der Waals surface area contributed by atoms with E-state index in [9.17, 15) is 4.79 Å². The molecule has 10 heteroatoms. The van der Waals surface area contributed by atoms with Gasteiger partial charge in [-0.2, -0.15) is 0 Å². The van der Waals surface area contributed by atoms with E-state index in [2.05, 4.69) is 25.9 Å². The zero-order valence-electron chi connectivity index (χ0n) is 20.8. The molecular formula is C26H35Cl2N7O. The molecule has 2 atom stereocenters. The van der Waals surface area contributed by atoms with E-state index in [1.165, 1.54) is 0 Å². The number of amides is 1. The molecule has 4 rings (SSSR count). The predicted octanol–water partition coefficient (Wildman–Crippen LogP) is 4.65. The van der Waals surface area contributed by atoms with Crippen molar-refractivity contribution < 1.29 is 4.79 Å². The zero-order chi connectivity index (χ0) is 24.3. The van der Waals surface area contributed by atoms with Crippen LogP contribution in [-0.4, -0.2) is 33.9 Å². The van der Waals surface area contributed by atoms with Gasteiger partial charge in [0.15, 0.2) is 5.96 Å². The molecule has 194 valence electrons. The highest BCUT2D eigenvalue weighted by molar-refractivity contribution is 5.97. The maximum absolute atomic E-state index is 13.3. The molecular weight excluding hydrogens is 497 g/mol. The number of carbonyl (C=O) groups excluding carboxylic acids is 1. The van der Waals surface area contributed by atoms with Crippen LogP contribution >= 0.6 is 24.8 Å². The summed E-state index contributed by atoms with van der Waals surface area (Å²) < 4.78 is 0. The largest absolute Gasteiger partial charge is 0.370 e. The molecule has 1 aliphatic carbocycles. The maximum Gasteiger partial charge on any atom is 0.289 e. The number of carbonyl (C=O) groups is 1. The van der Waals surface area contributed by atoms with Crippen molar-refractivity contribution in [3.63, 3.8) is 0 Å². The molecule has 0 bridgehead atoms. The third-order valence-corrected chi connectivity index (χ3v) is 6.40. The van der Waals surface area contributed by atoms with Crippen molar-refractivity contribution in [2.24, 2.45) is 5.73 Å². The monoisotopic (exact) mass is 531 g/mol. The SMILES string of the molecule is Cc1ccc2nc(C(=O)NC(C)(C)c3ccccc3)nc(N[C@H]3CCCC[C@H]3NC(=N)N)c2c1.Cl.Cl. The molecule has 1 heterocycles. The lowest BCUT2D eigenvalue weighted by Gasteiger charge is -2.33. The van der Waals surface area contributed by atoms with Gasteiger partial charge in [-0.25, -0.2) is 9.97 Å². The average molecular weight is 533 g/mol. The minimum atomic E-state index is -0.586. The zero-order valence-corrected chi connectivity index (χ0v) is 22.4. The lowest BCUT2D eigenvalue weighted by Crippen LogP contribution is -2.50. The molecule has 36 heavy (non-hydrogen) atoms. The molecule has 0 aliphatic heterocycles. The van der Waals surface area contributed by atoms with Crippen molar-refractivity contribution in [1.29, 1.82) is 5.41 Å². The Balaban J connectivity index is 0.00000228. The Labute approximate surface area is 224 Å². The molecule has 1 amide bonds. The Kier molecular flexibility index (Phi) is 9.90. The predicted molar refractivity (Wildman–Crippen MR) is 150 cm³/mol. The summed E-state index contributed by atoms with van der Waals surface area (Å²) >= 11 is 0. The number of halogens is 2. The van der Waals surface area contributed by atoms with E-state index in [1.54, 1.807) is 0 Å². The molecule has 0 saturated heterocycles. The highest BCUT2D eigenvalue weighted by Crippen LogP contribution is 2.27. The van der Waals surface area contributed by atoms with Crippen molar-refractivity contribution in [2.45, 2.75) is 64.1 Å². The fraction of sp³-hybridized carbons (Fsp3) is 0.385. The number of nitrogens with one attached hydrogen (secondary N) is 4. The van der Waals surface area contributed by atoms with Crippen molar-refractivity contribution in [1.82, 2.24) is 20.6 Å². The van der Waals surface area contributed by atoms with Gasteiger partial charge in [-0.05, 0) is 51.3 Å². The van der Waals surface area contributed by atoms with Gasteiger partial charge in [0.05, 0.1) is 11.1 Å². The van der Waals surface area contributed by atoms with Crippen LogP contribution in [0.15, 0.2) is 48.5 Å². The summed E-state index contributed by atoms with van der Waals surface area (Å²) in [6.45, 7) is 5.95. The number of hydrogen-bond donors (Lipinski definition) is 5. The van der Waals surface area contributed by atoms with Crippen LogP contribution in [0.1, 0.15) is 61.3 Å². The van der Waals surface area contributed by atoms with Gasteiger partial charge in [-0.3, -0.25) is 10.2 Å². The van der Waals surface area contributed by atoms with Gasteiger partial charge in [0.1, 0.15) is 5.82 Å². The molecule has 0 radical (unpaired) electrons. The van der Waals surface area contributed by atoms with Gasteiger partial charge in [0, 0.05) is 17.5 Å². The second kappa shape index (κ2) is 12.2. The number of fused-ring (bicyclic) bond motifs is 1. The number of guanidine groups is 1. The van der Waals surface area contributed by atoms with Crippen molar-refractivity contribution in [3.8, 4) is 0 Å². The van der Waals surface area contributed by atoms with Crippen LogP contribution in [0, 0.1) is 12.3 Å². The molecule has 6 N–H and O–H groups in total. The average Bonchev–Trinajstić information content (AvgIpc) is 2.80. The summed E-state index contributed by atoms with van der Waals surface area (Å²) in [6, 6.07) is 15.8. The minimum absolute atomic E-state index is 0. The summed E-state index contributed by atoms with van der Waals surface area (Å²) in [4.78, 5) is 22.5. The van der Waals surface area contributed by atoms with Crippen LogP contribution < -0.4 is 21.7 Å². The van der Waals surface area contributed by atoms with Gasteiger partial charge in [-0.1, -0.05) is 54.8 Å². The number of hydrogen-bond acceptors (Lipinski definition) is 5. The number of nitrogens with zero attached hydrogens (tertiary/aromatic N) is 2. The Bertz CT molecular complexity index is 1200. The molecule has 1 aromatic heterocycles. The number of benzene rings is 2. The fourth-order valence-electron chi connectivity index (χ4n) is 4.57. The van der Waals surface area contributed by atoms with E-state index in [1.807, 2.05) is 69.3 Å². The Morgan fingerprint density at radius 3 is 2.36 bits per heavy atom. The topological polar surface area (TPSA) is 129 Å². The number of aryl methyl sites for hydroxylation is 1. The van der Waals surface area contributed by atoms with Crippen LogP contribution in [0.5, 0.6) is 0 Å². The normalized spacial score (nSPS) is 17.3. The summed E-state index contributed by atoms with van der Waals surface area (Å²) in [5.74, 6) is 0.375. The first-order valence-corrected chi connectivity index (χ1v) is 11.8. The molecule has 1 aliphatic rings. The summed E-state index contributed by atoms with van der Waals surface area (Å²) in [5.41, 5.74) is 7.83. The molecule has 3 aromatic rings. The number of rotatable bonds is 6. The Morgan fingerprint density at radius 1 is 1.03 bits per heavy atom. The standard InChI is InChI=1S/C26H33N7O.2ClH/c1-16-13-14-19-18(15-16)22(30-20-11-7-8-12-21(20)31-25(27)28)32-23(29-19)24(34)33-26(2,3)17-9-5-4-6-10-17;;/h4-6,9-10,13-15,20-21H,7-8,11-12H2,1-3H3,(H,33,34)(H4,27,28,31)(H,29,30,32);2*1H/t20-,21+;;/m0../s1. The molecule has 2 aromatic carbocycles. The second-order valence-corrected chi connectivity index (χ2v) is 9.56. The first-order chi connectivity index (χ1) is 16.2. The second-order valence-electron chi connectivity index (χ2n) is 9.56. The molecule has 0 spiro atoms. The van der Waals surface area contributed by atoms with Gasteiger partial charge in [0.25, 0.3) is 5.91 Å². The van der Waals surface area contributed by atoms with Crippen molar-refractivity contribution in [3.05, 3.63) is 65.5 Å². The molecule has 0 unspecified atom stereocenters. The van der Waals surface area contributed by atoms with Gasteiger partial charge >= 0.3 is 0 Å². The van der Waals surface area contributed by atoms with Crippen LogP contribution in [0.4, 0.5) is 5.82 Å². The van der Waals surface area contributed by atoms with E-state index < -0.39 is 5.54 Å². The smallest absolute Gasteiger partial charge is 0.289 e. The maximum atomic E-state index is 13.3. The first-order valence-electron chi connectivity index (χ1n) is 11.8. The van der Waals surface area contributed by atoms with Crippen molar-refractivity contribution in [2.75, 3.05) is 5.32 Å². The van der Waals surface area contributed by atoms with Gasteiger partial charge < -0.3 is 21.7 Å². The summed E-state index contributed by atoms with van der Waals surface area (Å²) in [6.07, 6.45) is 3.99. The number of anilines is 1. The lowest BCUT2D eigenvalue weighted by molar-refractivity contribution is 0.0901. The summed E-state index contributed by atoms with van der Waals surface area (Å²) in [5, 5.41) is 18.2. The van der Waals surface area contributed by atoms with Crippen LogP contribution in [-0.2, 0) is 5.54 Å². The summed E-state index contributed by atoms with van der Waals surface area (Å²) in [7, 11) is 0. The first kappa shape index (κ1) is 29.1. The van der Waals surface area contributed by atoms with E-state index in [4.69, 9.17) is 11.1 Å². The third-order valence-electron chi connectivity index (χ3n) is 6.40. The third kappa shape index (κ3) is 6.77. The van der Waals surface area contributed by atoms with Crippen molar-refractivity contribution >= 4 is 53.4 Å². The highest BCUT2D eigenvalue weighted by Gasteiger charge is 2.28. The van der Waals surface area contributed by atoms with Crippen LogP contribution in [0.25, 0.3) is 10.9 Å². The Hall–Kier alpha value is -3.10. The highest BCUT2D eigenvalue weighted by atomic mass is 35.5. The van der Waals surface area contributed by atoms with E-state index in [-0.39, 0.29) is 54.6 Å². The molecule has 8 nitrogen and oxygen atoms in total. The fourth-order valence-corrected chi connectivity index (χ4v) is 4.57. The molecule has 1 fully saturated rings. The Morgan fingerprint density at radius 2 is 1.69 bits per heavy atom. The van der Waals surface area contributed by atoms with E-state index in [0.717, 1.165) is 42.2 Å². The van der Waals surface area contributed by atoms with E-state index in [0.29, 0.717) is 11.3 Å².